The van der Waals surface area contributed by atoms with Gasteiger partial charge in [0.25, 0.3) is 0 Å². The fraction of sp³-hybridized carbons (Fsp3) is 0.538. The third-order valence-corrected chi connectivity index (χ3v) is 2.42. The minimum atomic E-state index is 0.601. The highest BCUT2D eigenvalue weighted by Crippen LogP contribution is 2.05. The van der Waals surface area contributed by atoms with Gasteiger partial charge in [-0.2, -0.15) is 0 Å². The third kappa shape index (κ3) is 5.26. The molecule has 2 N–H and O–H groups in total. The molecule has 0 aromatic heterocycles. The van der Waals surface area contributed by atoms with Crippen molar-refractivity contribution in [1.29, 1.82) is 0 Å². The van der Waals surface area contributed by atoms with Gasteiger partial charge in [0.15, 0.2) is 0 Å². The second kappa shape index (κ2) is 7.39. The second-order valence-electron chi connectivity index (χ2n) is 4.23. The first kappa shape index (κ1) is 13.2. The number of nitrogens with two attached hydrogens (primary N) is 1. The molecular formula is C13H22N2O. The van der Waals surface area contributed by atoms with E-state index in [9.17, 15) is 0 Å². The number of hydrogen-bond acceptors (Lipinski definition) is 3. The summed E-state index contributed by atoms with van der Waals surface area (Å²) in [5.41, 5.74) is 7.91. The van der Waals surface area contributed by atoms with Crippen LogP contribution in [0, 0.1) is 0 Å². The average molecular weight is 222 g/mol. The Balaban J connectivity index is 2.16. The molecule has 0 heterocycles. The summed E-state index contributed by atoms with van der Waals surface area (Å²) < 4.78 is 5.59. The van der Waals surface area contributed by atoms with Gasteiger partial charge >= 0.3 is 0 Å². The van der Waals surface area contributed by atoms with Gasteiger partial charge in [-0.05, 0) is 38.2 Å². The fourth-order valence-corrected chi connectivity index (χ4v) is 1.44. The molecule has 0 saturated heterocycles. The van der Waals surface area contributed by atoms with E-state index >= 15 is 0 Å². The van der Waals surface area contributed by atoms with E-state index in [0.29, 0.717) is 13.2 Å². The van der Waals surface area contributed by atoms with Gasteiger partial charge in [0.1, 0.15) is 0 Å². The topological polar surface area (TPSA) is 38.5 Å². The van der Waals surface area contributed by atoms with Gasteiger partial charge in [-0.3, -0.25) is 0 Å². The van der Waals surface area contributed by atoms with Crippen LogP contribution in [0.1, 0.15) is 17.5 Å². The molecule has 90 valence electrons. The highest BCUT2D eigenvalue weighted by molar-refractivity contribution is 5.21. The zero-order valence-electron chi connectivity index (χ0n) is 10.3. The average Bonchev–Trinajstić information content (AvgIpc) is 2.29. The SMILES string of the molecule is CN(C)CCCOCc1ccc(CN)cc1. The van der Waals surface area contributed by atoms with E-state index in [0.717, 1.165) is 25.1 Å². The molecule has 16 heavy (non-hydrogen) atoms. The van der Waals surface area contributed by atoms with Crippen molar-refractivity contribution in [3.05, 3.63) is 35.4 Å². The highest BCUT2D eigenvalue weighted by Gasteiger charge is 1.95. The predicted octanol–water partition coefficient (Wildman–Crippen LogP) is 1.61. The molecule has 0 unspecified atom stereocenters. The molecule has 0 radical (unpaired) electrons. The quantitative estimate of drug-likeness (QED) is 0.712. The summed E-state index contributed by atoms with van der Waals surface area (Å²) in [5, 5.41) is 0. The van der Waals surface area contributed by atoms with Crippen LogP contribution < -0.4 is 5.73 Å². The van der Waals surface area contributed by atoms with Gasteiger partial charge in [0.2, 0.25) is 0 Å². The van der Waals surface area contributed by atoms with Crippen LogP contribution in [-0.2, 0) is 17.9 Å². The first-order chi connectivity index (χ1) is 7.72. The molecule has 0 bridgehead atoms. The van der Waals surface area contributed by atoms with Gasteiger partial charge in [-0.15, -0.1) is 0 Å². The molecule has 3 heteroatoms. The lowest BCUT2D eigenvalue weighted by atomic mass is 10.1. The van der Waals surface area contributed by atoms with Gasteiger partial charge < -0.3 is 15.4 Å². The molecule has 0 aliphatic rings. The molecule has 1 aromatic rings. The summed E-state index contributed by atoms with van der Waals surface area (Å²) in [6.45, 7) is 3.19. The maximum atomic E-state index is 5.59. The van der Waals surface area contributed by atoms with Crippen LogP contribution in [0.2, 0.25) is 0 Å². The van der Waals surface area contributed by atoms with Crippen molar-refractivity contribution in [1.82, 2.24) is 4.90 Å². The second-order valence-corrected chi connectivity index (χ2v) is 4.23. The Morgan fingerprint density at radius 2 is 1.75 bits per heavy atom. The summed E-state index contributed by atoms with van der Waals surface area (Å²) in [6, 6.07) is 8.26. The molecule has 0 fully saturated rings. The molecule has 3 nitrogen and oxygen atoms in total. The standard InChI is InChI=1S/C13H22N2O/c1-15(2)8-3-9-16-11-13-6-4-12(10-14)5-7-13/h4-7H,3,8-11,14H2,1-2H3. The van der Waals surface area contributed by atoms with Crippen molar-refractivity contribution in [3.8, 4) is 0 Å². The zero-order valence-corrected chi connectivity index (χ0v) is 10.3. The van der Waals surface area contributed by atoms with Gasteiger partial charge in [0, 0.05) is 13.2 Å². The van der Waals surface area contributed by atoms with Crippen LogP contribution in [0.3, 0.4) is 0 Å². The van der Waals surface area contributed by atoms with Crippen LogP contribution in [0.25, 0.3) is 0 Å². The highest BCUT2D eigenvalue weighted by atomic mass is 16.5. The normalized spacial score (nSPS) is 11.0. The Bertz CT molecular complexity index is 282. The molecule has 1 rings (SSSR count). The number of rotatable bonds is 7. The molecule has 0 aliphatic heterocycles. The van der Waals surface area contributed by atoms with Crippen molar-refractivity contribution in [3.63, 3.8) is 0 Å². The van der Waals surface area contributed by atoms with E-state index in [4.69, 9.17) is 10.5 Å². The molecule has 1 aromatic carbocycles. The fourth-order valence-electron chi connectivity index (χ4n) is 1.44. The van der Waals surface area contributed by atoms with Crippen molar-refractivity contribution in [2.24, 2.45) is 5.73 Å². The molecular weight excluding hydrogens is 200 g/mol. The summed E-state index contributed by atoms with van der Waals surface area (Å²) in [6.07, 6.45) is 1.08. The molecule has 0 amide bonds. The van der Waals surface area contributed by atoms with Crippen LogP contribution in [0.15, 0.2) is 24.3 Å². The number of ether oxygens (including phenoxy) is 1. The minimum absolute atomic E-state index is 0.601. The lowest BCUT2D eigenvalue weighted by molar-refractivity contribution is 0.113. The largest absolute Gasteiger partial charge is 0.377 e. The van der Waals surface area contributed by atoms with E-state index in [-0.39, 0.29) is 0 Å². The van der Waals surface area contributed by atoms with Crippen molar-refractivity contribution in [2.45, 2.75) is 19.6 Å². The molecule has 0 spiro atoms. The molecule has 0 saturated carbocycles. The predicted molar refractivity (Wildman–Crippen MR) is 67.2 cm³/mol. The Hall–Kier alpha value is -0.900. The van der Waals surface area contributed by atoms with E-state index in [1.54, 1.807) is 0 Å². The van der Waals surface area contributed by atoms with Gasteiger partial charge in [0.05, 0.1) is 6.61 Å². The number of benzene rings is 1. The van der Waals surface area contributed by atoms with Crippen LogP contribution in [-0.4, -0.2) is 32.1 Å². The number of hydrogen-bond donors (Lipinski definition) is 1. The van der Waals surface area contributed by atoms with Crippen LogP contribution >= 0.6 is 0 Å². The van der Waals surface area contributed by atoms with E-state index < -0.39 is 0 Å². The minimum Gasteiger partial charge on any atom is -0.377 e. The summed E-state index contributed by atoms with van der Waals surface area (Å²) >= 11 is 0. The van der Waals surface area contributed by atoms with Crippen LogP contribution in [0.4, 0.5) is 0 Å². The van der Waals surface area contributed by atoms with Gasteiger partial charge in [-0.1, -0.05) is 24.3 Å². The van der Waals surface area contributed by atoms with Gasteiger partial charge in [-0.25, -0.2) is 0 Å². The lowest BCUT2D eigenvalue weighted by Gasteiger charge is -2.09. The van der Waals surface area contributed by atoms with E-state index in [2.05, 4.69) is 43.3 Å². The third-order valence-electron chi connectivity index (χ3n) is 2.42. The van der Waals surface area contributed by atoms with Crippen molar-refractivity contribution >= 4 is 0 Å². The summed E-state index contributed by atoms with van der Waals surface area (Å²) in [7, 11) is 4.15. The number of nitrogens with zero attached hydrogens (tertiary/aromatic N) is 1. The first-order valence-corrected chi connectivity index (χ1v) is 5.72. The van der Waals surface area contributed by atoms with Crippen molar-refractivity contribution in [2.75, 3.05) is 27.2 Å². The van der Waals surface area contributed by atoms with E-state index in [1.165, 1.54) is 5.56 Å². The summed E-state index contributed by atoms with van der Waals surface area (Å²) in [5.74, 6) is 0. The molecule has 0 atom stereocenters. The Labute approximate surface area is 98.2 Å². The summed E-state index contributed by atoms with van der Waals surface area (Å²) in [4.78, 5) is 2.17. The zero-order chi connectivity index (χ0) is 11.8. The molecule has 0 aliphatic carbocycles. The van der Waals surface area contributed by atoms with Crippen molar-refractivity contribution < 1.29 is 4.74 Å². The Kier molecular flexibility index (Phi) is 6.08. The maximum absolute atomic E-state index is 5.59. The monoisotopic (exact) mass is 222 g/mol. The van der Waals surface area contributed by atoms with E-state index in [1.807, 2.05) is 0 Å². The Morgan fingerprint density at radius 3 is 2.31 bits per heavy atom. The first-order valence-electron chi connectivity index (χ1n) is 5.72. The smallest absolute Gasteiger partial charge is 0.0716 e. The van der Waals surface area contributed by atoms with Crippen LogP contribution in [0.5, 0.6) is 0 Å². The Morgan fingerprint density at radius 1 is 1.12 bits per heavy atom. The maximum Gasteiger partial charge on any atom is 0.0716 e. The lowest BCUT2D eigenvalue weighted by Crippen LogP contribution is -2.14.